The van der Waals surface area contributed by atoms with Crippen molar-refractivity contribution >= 4 is 41.5 Å². The van der Waals surface area contributed by atoms with Crippen LogP contribution in [-0.2, 0) is 13.6 Å². The van der Waals surface area contributed by atoms with Crippen molar-refractivity contribution in [3.63, 3.8) is 0 Å². The molecule has 10 heteroatoms. The van der Waals surface area contributed by atoms with Gasteiger partial charge in [-0.3, -0.25) is 9.89 Å². The molecule has 1 aromatic rings. The first-order valence-corrected chi connectivity index (χ1v) is 10.1. The Labute approximate surface area is 193 Å². The van der Waals surface area contributed by atoms with Crippen molar-refractivity contribution in [2.24, 2.45) is 18.0 Å². The van der Waals surface area contributed by atoms with E-state index in [-0.39, 0.29) is 24.0 Å². The number of hydrogen-bond donors (Lipinski definition) is 1. The fourth-order valence-electron chi connectivity index (χ4n) is 3.55. The van der Waals surface area contributed by atoms with Gasteiger partial charge >= 0.3 is 6.18 Å². The number of halogens is 5. The zero-order valence-corrected chi connectivity index (χ0v) is 20.4. The molecule has 0 amide bonds. The molecule has 0 radical (unpaired) electrons. The van der Waals surface area contributed by atoms with Crippen LogP contribution in [-0.4, -0.2) is 66.3 Å². The van der Waals surface area contributed by atoms with Gasteiger partial charge in [0.25, 0.3) is 0 Å². The number of aliphatic imine (C=N–C) groups is 1. The number of aromatic nitrogens is 1. The average Bonchev–Trinajstić information content (AvgIpc) is 2.91. The van der Waals surface area contributed by atoms with Crippen molar-refractivity contribution in [2.45, 2.75) is 38.9 Å². The van der Waals surface area contributed by atoms with Crippen molar-refractivity contribution in [3.8, 4) is 0 Å². The van der Waals surface area contributed by atoms with E-state index < -0.39 is 12.7 Å². The third kappa shape index (κ3) is 9.33. The Morgan fingerprint density at radius 2 is 2.00 bits per heavy atom. The monoisotopic (exact) mass is 549 g/mol. The predicted octanol–water partition coefficient (Wildman–Crippen LogP) is 4.36. The van der Waals surface area contributed by atoms with Gasteiger partial charge in [0.2, 0.25) is 0 Å². The summed E-state index contributed by atoms with van der Waals surface area (Å²) in [7, 11) is 3.95. The van der Waals surface area contributed by atoms with Crippen LogP contribution < -0.4 is 5.32 Å². The van der Waals surface area contributed by atoms with E-state index in [9.17, 15) is 13.2 Å². The Hall–Kier alpha value is -0.680. The van der Waals surface area contributed by atoms with E-state index in [1.54, 1.807) is 0 Å². The number of hydrogen-bond acceptors (Lipinski definition) is 2. The highest BCUT2D eigenvalue weighted by Gasteiger charge is 2.32. The van der Waals surface area contributed by atoms with Gasteiger partial charge in [-0.25, -0.2) is 0 Å². The molecule has 1 aliphatic heterocycles. The van der Waals surface area contributed by atoms with Crippen molar-refractivity contribution in [1.82, 2.24) is 19.7 Å². The first kappa shape index (κ1) is 26.4. The Morgan fingerprint density at radius 3 is 2.52 bits per heavy atom. The SMILES string of the molecule is CCNC(=NCCC1CCN(CC(F)(F)F)CC1)N(C)Cc1cc(Cl)cn1C.I. The molecule has 5 nitrogen and oxygen atoms in total. The number of likely N-dealkylation sites (tertiary alicyclic amines) is 1. The topological polar surface area (TPSA) is 35.8 Å². The number of nitrogens with one attached hydrogen (secondary N) is 1. The molecule has 168 valence electrons. The minimum absolute atomic E-state index is 0. The average molecular weight is 550 g/mol. The second-order valence-electron chi connectivity index (χ2n) is 7.48. The van der Waals surface area contributed by atoms with Crippen LogP contribution in [0.25, 0.3) is 0 Å². The summed E-state index contributed by atoms with van der Waals surface area (Å²) in [5.74, 6) is 1.27. The van der Waals surface area contributed by atoms with Crippen LogP contribution in [0, 0.1) is 5.92 Å². The lowest BCUT2D eigenvalue weighted by Crippen LogP contribution is -2.40. The third-order valence-corrected chi connectivity index (χ3v) is 5.29. The first-order chi connectivity index (χ1) is 13.2. The highest BCUT2D eigenvalue weighted by molar-refractivity contribution is 14.0. The molecule has 0 unspecified atom stereocenters. The highest BCUT2D eigenvalue weighted by Crippen LogP contribution is 2.24. The van der Waals surface area contributed by atoms with E-state index >= 15 is 0 Å². The molecule has 1 saturated heterocycles. The molecule has 29 heavy (non-hydrogen) atoms. The van der Waals surface area contributed by atoms with Gasteiger partial charge in [0.05, 0.1) is 18.1 Å². The fraction of sp³-hybridized carbons (Fsp3) is 0.737. The molecule has 2 rings (SSSR count). The van der Waals surface area contributed by atoms with Gasteiger partial charge in [-0.2, -0.15) is 13.2 Å². The summed E-state index contributed by atoms with van der Waals surface area (Å²) in [5.41, 5.74) is 1.09. The summed E-state index contributed by atoms with van der Waals surface area (Å²) in [4.78, 5) is 8.27. The summed E-state index contributed by atoms with van der Waals surface area (Å²) in [6, 6.07) is 1.94. The highest BCUT2D eigenvalue weighted by atomic mass is 127. The summed E-state index contributed by atoms with van der Waals surface area (Å²) >= 11 is 6.05. The molecule has 0 aromatic carbocycles. The summed E-state index contributed by atoms with van der Waals surface area (Å²) in [6.45, 7) is 4.39. The van der Waals surface area contributed by atoms with Crippen LogP contribution in [0.3, 0.4) is 0 Å². The Bertz CT molecular complexity index is 642. The van der Waals surface area contributed by atoms with Crippen LogP contribution in [0.1, 0.15) is 31.9 Å². The predicted molar refractivity (Wildman–Crippen MR) is 123 cm³/mol. The Morgan fingerprint density at radius 1 is 1.34 bits per heavy atom. The van der Waals surface area contributed by atoms with Crippen LogP contribution in [0.4, 0.5) is 13.2 Å². The summed E-state index contributed by atoms with van der Waals surface area (Å²) in [5, 5.41) is 4.01. The van der Waals surface area contributed by atoms with Gasteiger partial charge in [0.15, 0.2) is 5.96 Å². The number of guanidine groups is 1. The van der Waals surface area contributed by atoms with Crippen LogP contribution in [0.2, 0.25) is 5.02 Å². The van der Waals surface area contributed by atoms with Gasteiger partial charge in [-0.1, -0.05) is 11.6 Å². The largest absolute Gasteiger partial charge is 0.401 e. The normalized spacial score (nSPS) is 16.6. The van der Waals surface area contributed by atoms with Crippen molar-refractivity contribution in [1.29, 1.82) is 0 Å². The standard InChI is InChI=1S/C19H31ClF3N5.HI/c1-4-24-18(27(3)13-17-11-16(20)12-26(17)2)25-8-5-15-6-9-28(10-7-15)14-19(21,22)23;/h11-12,15H,4-10,13-14H2,1-3H3,(H,24,25);1H. The Balaban J connectivity index is 0.00000420. The zero-order chi connectivity index (χ0) is 20.7. The first-order valence-electron chi connectivity index (χ1n) is 9.77. The molecule has 0 saturated carbocycles. The quantitative estimate of drug-likeness (QED) is 0.312. The molecule has 1 aliphatic rings. The minimum Gasteiger partial charge on any atom is -0.357 e. The summed E-state index contributed by atoms with van der Waals surface area (Å²) in [6.07, 6.45) is 0.281. The van der Waals surface area contributed by atoms with Crippen molar-refractivity contribution < 1.29 is 13.2 Å². The summed E-state index contributed by atoms with van der Waals surface area (Å²) < 4.78 is 39.4. The minimum atomic E-state index is -4.11. The molecule has 1 fully saturated rings. The second-order valence-corrected chi connectivity index (χ2v) is 7.91. The molecule has 0 spiro atoms. The van der Waals surface area contributed by atoms with Crippen LogP contribution in [0.15, 0.2) is 17.3 Å². The molecule has 0 aliphatic carbocycles. The van der Waals surface area contributed by atoms with Crippen LogP contribution >= 0.6 is 35.6 Å². The van der Waals surface area contributed by atoms with E-state index in [0.717, 1.165) is 37.5 Å². The van der Waals surface area contributed by atoms with E-state index in [1.165, 1.54) is 4.90 Å². The molecule has 2 heterocycles. The van der Waals surface area contributed by atoms with Crippen LogP contribution in [0.5, 0.6) is 0 Å². The number of piperidine rings is 1. The molecule has 0 atom stereocenters. The van der Waals surface area contributed by atoms with Crippen molar-refractivity contribution in [3.05, 3.63) is 23.0 Å². The lowest BCUT2D eigenvalue weighted by atomic mass is 9.93. The lowest BCUT2D eigenvalue weighted by Gasteiger charge is -2.32. The lowest BCUT2D eigenvalue weighted by molar-refractivity contribution is -0.148. The second kappa shape index (κ2) is 12.2. The molecule has 0 bridgehead atoms. The van der Waals surface area contributed by atoms with Gasteiger partial charge in [-0.15, -0.1) is 24.0 Å². The van der Waals surface area contributed by atoms with E-state index in [1.807, 2.05) is 37.8 Å². The molecular formula is C19H32ClF3IN5. The maximum absolute atomic E-state index is 12.5. The maximum atomic E-state index is 12.5. The van der Waals surface area contributed by atoms with Crippen molar-refractivity contribution in [2.75, 3.05) is 39.8 Å². The number of nitrogens with zero attached hydrogens (tertiary/aromatic N) is 4. The molecular weight excluding hydrogens is 518 g/mol. The third-order valence-electron chi connectivity index (χ3n) is 5.08. The number of alkyl halides is 3. The number of aryl methyl sites for hydroxylation is 1. The molecule has 1 aromatic heterocycles. The van der Waals surface area contributed by atoms with E-state index in [0.29, 0.717) is 37.1 Å². The smallest absolute Gasteiger partial charge is 0.357 e. The van der Waals surface area contributed by atoms with E-state index in [2.05, 4.69) is 10.2 Å². The fourth-order valence-corrected chi connectivity index (χ4v) is 3.82. The van der Waals surface area contributed by atoms with Gasteiger partial charge in [0.1, 0.15) is 0 Å². The maximum Gasteiger partial charge on any atom is 0.401 e. The van der Waals surface area contributed by atoms with Gasteiger partial charge in [-0.05, 0) is 51.3 Å². The van der Waals surface area contributed by atoms with Gasteiger partial charge < -0.3 is 14.8 Å². The molecule has 1 N–H and O–H groups in total. The Kier molecular flexibility index (Phi) is 11.1. The zero-order valence-electron chi connectivity index (χ0n) is 17.3. The number of rotatable bonds is 7. The van der Waals surface area contributed by atoms with Gasteiger partial charge in [0, 0.05) is 39.1 Å². The van der Waals surface area contributed by atoms with E-state index in [4.69, 9.17) is 16.6 Å².